The van der Waals surface area contributed by atoms with Crippen LogP contribution in [0.4, 0.5) is 0 Å². The van der Waals surface area contributed by atoms with E-state index < -0.39 is 0 Å². The summed E-state index contributed by atoms with van der Waals surface area (Å²) >= 11 is 0. The van der Waals surface area contributed by atoms with Gasteiger partial charge in [0.25, 0.3) is 0 Å². The van der Waals surface area contributed by atoms with Crippen molar-refractivity contribution >= 4 is 11.8 Å². The Morgan fingerprint density at radius 1 is 1.19 bits per heavy atom. The van der Waals surface area contributed by atoms with Gasteiger partial charge in [-0.2, -0.15) is 5.10 Å². The molecule has 7 heteroatoms. The highest BCUT2D eigenvalue weighted by Gasteiger charge is 2.35. The third kappa shape index (κ3) is 3.47. The van der Waals surface area contributed by atoms with E-state index in [4.69, 9.17) is 0 Å². The molecule has 1 atom stereocenters. The molecule has 1 saturated carbocycles. The number of nitrogens with one attached hydrogen (secondary N) is 1. The SMILES string of the molecule is O=C(C[C@@H]1CN(C(=O)C2CCC2)Cc2ccnn21)NCc1ccccn1. The van der Waals surface area contributed by atoms with Crippen molar-refractivity contribution < 1.29 is 9.59 Å². The summed E-state index contributed by atoms with van der Waals surface area (Å²) in [5.74, 6) is 0.339. The second-order valence-corrected chi connectivity index (χ2v) is 7.07. The topological polar surface area (TPSA) is 80.1 Å². The quantitative estimate of drug-likeness (QED) is 0.887. The molecule has 1 aliphatic carbocycles. The minimum atomic E-state index is -0.124. The first-order chi connectivity index (χ1) is 12.7. The van der Waals surface area contributed by atoms with Gasteiger partial charge in [-0.15, -0.1) is 0 Å². The Labute approximate surface area is 152 Å². The number of carbonyl (C=O) groups is 2. The molecule has 136 valence electrons. The summed E-state index contributed by atoms with van der Waals surface area (Å²) in [5.41, 5.74) is 1.82. The lowest BCUT2D eigenvalue weighted by molar-refractivity contribution is -0.141. The van der Waals surface area contributed by atoms with Crippen molar-refractivity contribution in [3.63, 3.8) is 0 Å². The summed E-state index contributed by atoms with van der Waals surface area (Å²) in [6, 6.07) is 7.43. The monoisotopic (exact) mass is 353 g/mol. The lowest BCUT2D eigenvalue weighted by Gasteiger charge is -2.37. The van der Waals surface area contributed by atoms with Gasteiger partial charge in [-0.3, -0.25) is 19.3 Å². The minimum Gasteiger partial charge on any atom is -0.350 e. The number of pyridine rings is 1. The van der Waals surface area contributed by atoms with Gasteiger partial charge < -0.3 is 10.2 Å². The first-order valence-corrected chi connectivity index (χ1v) is 9.18. The fourth-order valence-electron chi connectivity index (χ4n) is 3.60. The molecule has 7 nitrogen and oxygen atoms in total. The Morgan fingerprint density at radius 3 is 2.81 bits per heavy atom. The molecule has 26 heavy (non-hydrogen) atoms. The summed E-state index contributed by atoms with van der Waals surface area (Å²) in [7, 11) is 0. The number of fused-ring (bicyclic) bond motifs is 1. The van der Waals surface area contributed by atoms with Crippen molar-refractivity contribution in [1.82, 2.24) is 25.0 Å². The van der Waals surface area contributed by atoms with Gasteiger partial charge in [-0.05, 0) is 31.0 Å². The normalized spacial score (nSPS) is 19.5. The number of aromatic nitrogens is 3. The van der Waals surface area contributed by atoms with Crippen LogP contribution in [0, 0.1) is 5.92 Å². The van der Waals surface area contributed by atoms with Crippen molar-refractivity contribution in [3.8, 4) is 0 Å². The van der Waals surface area contributed by atoms with E-state index in [0.717, 1.165) is 30.7 Å². The molecule has 0 saturated heterocycles. The van der Waals surface area contributed by atoms with E-state index >= 15 is 0 Å². The van der Waals surface area contributed by atoms with Gasteiger partial charge in [0.1, 0.15) is 0 Å². The zero-order valence-corrected chi connectivity index (χ0v) is 14.7. The lowest BCUT2D eigenvalue weighted by Crippen LogP contribution is -2.46. The zero-order valence-electron chi connectivity index (χ0n) is 14.7. The van der Waals surface area contributed by atoms with Gasteiger partial charge in [0, 0.05) is 24.9 Å². The molecule has 0 unspecified atom stereocenters. The molecule has 1 fully saturated rings. The number of amides is 2. The summed E-state index contributed by atoms with van der Waals surface area (Å²) < 4.78 is 1.89. The highest BCUT2D eigenvalue weighted by Crippen LogP contribution is 2.31. The molecule has 2 amide bonds. The zero-order chi connectivity index (χ0) is 17.9. The molecule has 0 bridgehead atoms. The molecule has 1 aliphatic heterocycles. The van der Waals surface area contributed by atoms with Gasteiger partial charge >= 0.3 is 0 Å². The van der Waals surface area contributed by atoms with Crippen LogP contribution in [-0.4, -0.2) is 38.0 Å². The van der Waals surface area contributed by atoms with Crippen LogP contribution in [0.3, 0.4) is 0 Å². The van der Waals surface area contributed by atoms with Crippen LogP contribution in [0.15, 0.2) is 36.7 Å². The maximum absolute atomic E-state index is 12.6. The Bertz CT molecular complexity index is 784. The van der Waals surface area contributed by atoms with Crippen LogP contribution in [0.5, 0.6) is 0 Å². The van der Waals surface area contributed by atoms with Crippen molar-refractivity contribution in [2.45, 2.75) is 44.8 Å². The molecule has 0 aromatic carbocycles. The molecule has 2 aromatic rings. The average Bonchev–Trinajstić information content (AvgIpc) is 3.08. The third-order valence-corrected chi connectivity index (χ3v) is 5.26. The Morgan fingerprint density at radius 2 is 2.08 bits per heavy atom. The van der Waals surface area contributed by atoms with Crippen LogP contribution in [0.2, 0.25) is 0 Å². The highest BCUT2D eigenvalue weighted by molar-refractivity contribution is 5.80. The first kappa shape index (κ1) is 16.8. The van der Waals surface area contributed by atoms with E-state index in [1.54, 1.807) is 12.4 Å². The number of nitrogens with zero attached hydrogens (tertiary/aromatic N) is 4. The van der Waals surface area contributed by atoms with E-state index in [2.05, 4.69) is 15.4 Å². The molecule has 2 aromatic heterocycles. The molecule has 1 N–H and O–H groups in total. The van der Waals surface area contributed by atoms with Crippen molar-refractivity contribution in [2.75, 3.05) is 6.54 Å². The molecule has 4 rings (SSSR count). The maximum Gasteiger partial charge on any atom is 0.226 e. The van der Waals surface area contributed by atoms with Crippen LogP contribution >= 0.6 is 0 Å². The van der Waals surface area contributed by atoms with Gasteiger partial charge in [0.2, 0.25) is 11.8 Å². The molecular weight excluding hydrogens is 330 g/mol. The average molecular weight is 353 g/mol. The van der Waals surface area contributed by atoms with Gasteiger partial charge in [-0.25, -0.2) is 0 Å². The largest absolute Gasteiger partial charge is 0.350 e. The maximum atomic E-state index is 12.6. The molecule has 3 heterocycles. The molecule has 0 radical (unpaired) electrons. The summed E-state index contributed by atoms with van der Waals surface area (Å²) in [6.07, 6.45) is 6.87. The fraction of sp³-hybridized carbons (Fsp3) is 0.474. The van der Waals surface area contributed by atoms with E-state index in [0.29, 0.717) is 26.1 Å². The smallest absolute Gasteiger partial charge is 0.226 e. The van der Waals surface area contributed by atoms with Crippen LogP contribution in [0.1, 0.15) is 43.1 Å². The highest BCUT2D eigenvalue weighted by atomic mass is 16.2. The van der Waals surface area contributed by atoms with Crippen molar-refractivity contribution in [2.24, 2.45) is 5.92 Å². The number of hydrogen-bond donors (Lipinski definition) is 1. The van der Waals surface area contributed by atoms with Crippen LogP contribution in [-0.2, 0) is 22.7 Å². The van der Waals surface area contributed by atoms with Gasteiger partial charge in [0.05, 0.1) is 36.9 Å². The fourth-order valence-corrected chi connectivity index (χ4v) is 3.60. The predicted molar refractivity (Wildman–Crippen MR) is 94.7 cm³/mol. The number of carbonyl (C=O) groups excluding carboxylic acids is 2. The number of rotatable bonds is 5. The summed E-state index contributed by atoms with van der Waals surface area (Å²) in [5, 5.41) is 7.28. The van der Waals surface area contributed by atoms with Crippen LogP contribution < -0.4 is 5.32 Å². The van der Waals surface area contributed by atoms with E-state index in [1.807, 2.05) is 33.8 Å². The molecular formula is C19H23N5O2. The molecule has 2 aliphatic rings. The molecule has 0 spiro atoms. The van der Waals surface area contributed by atoms with Gasteiger partial charge in [-0.1, -0.05) is 12.5 Å². The third-order valence-electron chi connectivity index (χ3n) is 5.26. The van der Waals surface area contributed by atoms with Crippen molar-refractivity contribution in [1.29, 1.82) is 0 Å². The Kier molecular flexibility index (Phi) is 4.69. The van der Waals surface area contributed by atoms with E-state index in [1.165, 1.54) is 0 Å². The van der Waals surface area contributed by atoms with Gasteiger partial charge in [0.15, 0.2) is 0 Å². The standard InChI is InChI=1S/C19H23N5O2/c25-18(21-11-15-6-1-2-8-20-15)10-17-13-23(19(26)14-4-3-5-14)12-16-7-9-22-24(16)17/h1-2,6-9,14,17H,3-5,10-13H2,(H,21,25)/t17-/m1/s1. The number of hydrogen-bond acceptors (Lipinski definition) is 4. The summed E-state index contributed by atoms with van der Waals surface area (Å²) in [6.45, 7) is 1.53. The second-order valence-electron chi connectivity index (χ2n) is 7.07. The Balaban J connectivity index is 1.39. The van der Waals surface area contributed by atoms with Crippen LogP contribution in [0.25, 0.3) is 0 Å². The van der Waals surface area contributed by atoms with E-state index in [-0.39, 0.29) is 23.8 Å². The Hall–Kier alpha value is -2.70. The van der Waals surface area contributed by atoms with E-state index in [9.17, 15) is 9.59 Å². The minimum absolute atomic E-state index is 0.0555. The summed E-state index contributed by atoms with van der Waals surface area (Å²) in [4.78, 5) is 31.2. The predicted octanol–water partition coefficient (Wildman–Crippen LogP) is 1.67. The second kappa shape index (κ2) is 7.27. The lowest BCUT2D eigenvalue weighted by atomic mass is 9.84. The van der Waals surface area contributed by atoms with Crippen molar-refractivity contribution in [3.05, 3.63) is 48.0 Å². The first-order valence-electron chi connectivity index (χ1n) is 9.18.